The van der Waals surface area contributed by atoms with E-state index in [0.29, 0.717) is 5.56 Å². The molecular formula is C10H12BrNO. The zero-order chi connectivity index (χ0) is 10.0. The molecule has 0 aliphatic carbocycles. The van der Waals surface area contributed by atoms with Gasteiger partial charge in [-0.25, -0.2) is 0 Å². The minimum absolute atomic E-state index is 0.0319. The molecule has 0 saturated heterocycles. The Balaban J connectivity index is 3.15. The number of halogens is 1. The average molecular weight is 242 g/mol. The molecule has 0 aliphatic rings. The van der Waals surface area contributed by atoms with Crippen LogP contribution in [0.5, 0.6) is 0 Å². The first-order valence-electron chi connectivity index (χ1n) is 4.09. The second-order valence-electron chi connectivity index (χ2n) is 3.09. The Labute approximate surface area is 86.3 Å². The summed E-state index contributed by atoms with van der Waals surface area (Å²) < 4.78 is 0.845. The van der Waals surface area contributed by atoms with Crippen molar-refractivity contribution in [2.24, 2.45) is 5.73 Å². The fourth-order valence-electron chi connectivity index (χ4n) is 1.08. The van der Waals surface area contributed by atoms with Crippen LogP contribution in [0.4, 0.5) is 0 Å². The van der Waals surface area contributed by atoms with Gasteiger partial charge >= 0.3 is 0 Å². The van der Waals surface area contributed by atoms with E-state index in [1.54, 1.807) is 13.0 Å². The van der Waals surface area contributed by atoms with E-state index in [9.17, 15) is 4.79 Å². The standard InChI is InChI=1S/C10H12BrNO/c1-6-4-3-5-8(9(6)11)10(13)7(2)12/h3-5,7H,12H2,1-2H3. The number of nitrogens with two attached hydrogens (primary N) is 1. The Hall–Kier alpha value is -0.670. The number of carbonyl (C=O) groups is 1. The maximum atomic E-state index is 11.6. The van der Waals surface area contributed by atoms with Gasteiger partial charge in [0, 0.05) is 10.0 Å². The zero-order valence-electron chi connectivity index (χ0n) is 7.67. The lowest BCUT2D eigenvalue weighted by atomic mass is 10.0. The number of ketones is 1. The molecule has 0 radical (unpaired) electrons. The van der Waals surface area contributed by atoms with Gasteiger partial charge in [-0.15, -0.1) is 0 Å². The molecule has 0 amide bonds. The van der Waals surface area contributed by atoms with Crippen molar-refractivity contribution in [2.45, 2.75) is 19.9 Å². The van der Waals surface area contributed by atoms with Gasteiger partial charge in [0.2, 0.25) is 0 Å². The number of hydrogen-bond acceptors (Lipinski definition) is 2. The second kappa shape index (κ2) is 4.03. The molecule has 1 unspecified atom stereocenters. The molecule has 0 saturated carbocycles. The fraction of sp³-hybridized carbons (Fsp3) is 0.300. The highest BCUT2D eigenvalue weighted by molar-refractivity contribution is 9.10. The number of Topliss-reactive ketones (excluding diaryl/α,β-unsaturated/α-hetero) is 1. The SMILES string of the molecule is Cc1cccc(C(=O)C(C)N)c1Br. The highest BCUT2D eigenvalue weighted by Gasteiger charge is 2.14. The van der Waals surface area contributed by atoms with E-state index < -0.39 is 6.04 Å². The summed E-state index contributed by atoms with van der Waals surface area (Å²) in [7, 11) is 0. The summed E-state index contributed by atoms with van der Waals surface area (Å²) >= 11 is 3.37. The third-order valence-corrected chi connectivity index (χ3v) is 2.92. The predicted octanol–water partition coefficient (Wildman–Crippen LogP) is 2.29. The first kappa shape index (κ1) is 10.4. The van der Waals surface area contributed by atoms with Gasteiger partial charge in [-0.3, -0.25) is 4.79 Å². The number of rotatable bonds is 2. The molecule has 0 aromatic heterocycles. The molecule has 2 N–H and O–H groups in total. The Morgan fingerprint density at radius 3 is 2.69 bits per heavy atom. The predicted molar refractivity (Wildman–Crippen MR) is 56.9 cm³/mol. The van der Waals surface area contributed by atoms with Crippen LogP contribution in [0.15, 0.2) is 22.7 Å². The fourth-order valence-corrected chi connectivity index (χ4v) is 1.54. The van der Waals surface area contributed by atoms with E-state index in [1.165, 1.54) is 0 Å². The summed E-state index contributed by atoms with van der Waals surface area (Å²) in [6.45, 7) is 3.64. The van der Waals surface area contributed by atoms with Gasteiger partial charge in [-0.1, -0.05) is 18.2 Å². The molecule has 2 nitrogen and oxygen atoms in total. The highest BCUT2D eigenvalue weighted by Crippen LogP contribution is 2.21. The molecule has 0 heterocycles. The minimum atomic E-state index is -0.446. The van der Waals surface area contributed by atoms with Gasteiger partial charge in [0.1, 0.15) is 0 Å². The van der Waals surface area contributed by atoms with Crippen LogP contribution in [0.2, 0.25) is 0 Å². The molecule has 0 fully saturated rings. The van der Waals surface area contributed by atoms with Gasteiger partial charge in [0.25, 0.3) is 0 Å². The van der Waals surface area contributed by atoms with E-state index in [1.807, 2.05) is 19.1 Å². The Bertz CT molecular complexity index is 334. The third-order valence-electron chi connectivity index (χ3n) is 1.87. The average Bonchev–Trinajstić information content (AvgIpc) is 2.08. The van der Waals surface area contributed by atoms with Crippen molar-refractivity contribution in [3.63, 3.8) is 0 Å². The van der Waals surface area contributed by atoms with Crippen molar-refractivity contribution < 1.29 is 4.79 Å². The maximum Gasteiger partial charge on any atom is 0.180 e. The normalized spacial score (nSPS) is 12.6. The van der Waals surface area contributed by atoms with Crippen LogP contribution >= 0.6 is 15.9 Å². The molecular weight excluding hydrogens is 230 g/mol. The van der Waals surface area contributed by atoms with Crippen LogP contribution in [-0.4, -0.2) is 11.8 Å². The van der Waals surface area contributed by atoms with E-state index in [4.69, 9.17) is 5.73 Å². The van der Waals surface area contributed by atoms with Crippen molar-refractivity contribution in [1.29, 1.82) is 0 Å². The van der Waals surface area contributed by atoms with Crippen LogP contribution in [0.1, 0.15) is 22.8 Å². The molecule has 3 heteroatoms. The van der Waals surface area contributed by atoms with E-state index in [-0.39, 0.29) is 5.78 Å². The summed E-state index contributed by atoms with van der Waals surface area (Å²) in [5.74, 6) is -0.0319. The molecule has 1 rings (SSSR count). The van der Waals surface area contributed by atoms with Crippen LogP contribution in [0.3, 0.4) is 0 Å². The van der Waals surface area contributed by atoms with E-state index in [2.05, 4.69) is 15.9 Å². The third kappa shape index (κ3) is 2.17. The lowest BCUT2D eigenvalue weighted by Crippen LogP contribution is -2.27. The summed E-state index contributed by atoms with van der Waals surface area (Å²) in [5, 5.41) is 0. The number of hydrogen-bond donors (Lipinski definition) is 1. The lowest BCUT2D eigenvalue weighted by molar-refractivity contribution is 0.0967. The molecule has 0 bridgehead atoms. The van der Waals surface area contributed by atoms with Gasteiger partial charge in [0.15, 0.2) is 5.78 Å². The van der Waals surface area contributed by atoms with E-state index in [0.717, 1.165) is 10.0 Å². The maximum absolute atomic E-state index is 11.6. The molecule has 0 spiro atoms. The number of aryl methyl sites for hydroxylation is 1. The van der Waals surface area contributed by atoms with Gasteiger partial charge in [0.05, 0.1) is 6.04 Å². The van der Waals surface area contributed by atoms with Crippen molar-refractivity contribution >= 4 is 21.7 Å². The topological polar surface area (TPSA) is 43.1 Å². The van der Waals surface area contributed by atoms with Gasteiger partial charge in [-0.2, -0.15) is 0 Å². The van der Waals surface area contributed by atoms with Crippen LogP contribution in [0.25, 0.3) is 0 Å². The number of benzene rings is 1. The summed E-state index contributed by atoms with van der Waals surface area (Å²) in [6.07, 6.45) is 0. The zero-order valence-corrected chi connectivity index (χ0v) is 9.26. The van der Waals surface area contributed by atoms with Crippen LogP contribution in [-0.2, 0) is 0 Å². The first-order valence-corrected chi connectivity index (χ1v) is 4.88. The van der Waals surface area contributed by atoms with Gasteiger partial charge in [-0.05, 0) is 35.3 Å². The van der Waals surface area contributed by atoms with Crippen molar-refractivity contribution in [3.8, 4) is 0 Å². The first-order chi connectivity index (χ1) is 6.04. The Kier molecular flexibility index (Phi) is 3.22. The van der Waals surface area contributed by atoms with Crippen molar-refractivity contribution in [2.75, 3.05) is 0 Å². The summed E-state index contributed by atoms with van der Waals surface area (Å²) in [6, 6.07) is 5.14. The highest BCUT2D eigenvalue weighted by atomic mass is 79.9. The molecule has 1 aromatic rings. The van der Waals surface area contributed by atoms with Crippen LogP contribution in [0, 0.1) is 6.92 Å². The minimum Gasteiger partial charge on any atom is -0.321 e. The summed E-state index contributed by atoms with van der Waals surface area (Å²) in [4.78, 5) is 11.6. The second-order valence-corrected chi connectivity index (χ2v) is 3.88. The quantitative estimate of drug-likeness (QED) is 0.808. The molecule has 1 aromatic carbocycles. The molecule has 1 atom stereocenters. The lowest BCUT2D eigenvalue weighted by Gasteiger charge is -2.07. The monoisotopic (exact) mass is 241 g/mol. The van der Waals surface area contributed by atoms with E-state index >= 15 is 0 Å². The van der Waals surface area contributed by atoms with Crippen LogP contribution < -0.4 is 5.73 Å². The summed E-state index contributed by atoms with van der Waals surface area (Å²) in [5.41, 5.74) is 7.23. The Morgan fingerprint density at radius 2 is 2.15 bits per heavy atom. The van der Waals surface area contributed by atoms with Crippen molar-refractivity contribution in [1.82, 2.24) is 0 Å². The molecule has 0 aliphatic heterocycles. The largest absolute Gasteiger partial charge is 0.321 e. The molecule has 70 valence electrons. The van der Waals surface area contributed by atoms with Gasteiger partial charge < -0.3 is 5.73 Å². The number of carbonyl (C=O) groups excluding carboxylic acids is 1. The smallest absolute Gasteiger partial charge is 0.180 e. The molecule has 13 heavy (non-hydrogen) atoms. The van der Waals surface area contributed by atoms with Crippen molar-refractivity contribution in [3.05, 3.63) is 33.8 Å². The Morgan fingerprint density at radius 1 is 1.54 bits per heavy atom.